The molecule has 0 aliphatic carbocycles. The Morgan fingerprint density at radius 1 is 1.13 bits per heavy atom. The van der Waals surface area contributed by atoms with Gasteiger partial charge in [0, 0.05) is 13.1 Å². The van der Waals surface area contributed by atoms with E-state index in [2.05, 4.69) is 10.5 Å². The molecule has 2 aromatic rings. The van der Waals surface area contributed by atoms with E-state index in [1.807, 2.05) is 30.0 Å². The monoisotopic (exact) mass is 465 g/mol. The van der Waals surface area contributed by atoms with Crippen LogP contribution >= 0.6 is 23.2 Å². The highest BCUT2D eigenvalue weighted by Crippen LogP contribution is 2.30. The van der Waals surface area contributed by atoms with Crippen LogP contribution in [0, 0.1) is 0 Å². The fourth-order valence-corrected chi connectivity index (χ4v) is 3.28. The van der Waals surface area contributed by atoms with Crippen molar-refractivity contribution in [3.8, 4) is 11.5 Å². The van der Waals surface area contributed by atoms with E-state index >= 15 is 0 Å². The number of carbonyl (C=O) groups excluding carboxylic acids is 1. The van der Waals surface area contributed by atoms with Crippen molar-refractivity contribution in [3.05, 3.63) is 57.6 Å². The van der Waals surface area contributed by atoms with E-state index in [-0.39, 0.29) is 5.91 Å². The van der Waals surface area contributed by atoms with Gasteiger partial charge in [0.15, 0.2) is 11.5 Å². The van der Waals surface area contributed by atoms with Crippen LogP contribution in [-0.2, 0) is 16.1 Å². The number of benzene rings is 2. The zero-order valence-corrected chi connectivity index (χ0v) is 18.8. The minimum Gasteiger partial charge on any atom is -0.490 e. The van der Waals surface area contributed by atoms with Gasteiger partial charge in [-0.25, -0.2) is 5.43 Å². The summed E-state index contributed by atoms with van der Waals surface area (Å²) in [5, 5.41) is 5.03. The van der Waals surface area contributed by atoms with E-state index in [0.717, 1.165) is 24.2 Å². The van der Waals surface area contributed by atoms with Crippen molar-refractivity contribution in [2.75, 3.05) is 39.5 Å². The van der Waals surface area contributed by atoms with Crippen molar-refractivity contribution in [1.82, 2.24) is 10.3 Å². The number of hydrogen-bond acceptors (Lipinski definition) is 6. The van der Waals surface area contributed by atoms with Gasteiger partial charge in [-0.05, 0) is 48.4 Å². The van der Waals surface area contributed by atoms with E-state index in [1.165, 1.54) is 0 Å². The lowest BCUT2D eigenvalue weighted by Gasteiger charge is -2.25. The first-order valence-corrected chi connectivity index (χ1v) is 10.8. The third kappa shape index (κ3) is 7.40. The van der Waals surface area contributed by atoms with Gasteiger partial charge in [-0.1, -0.05) is 29.3 Å². The molecule has 2 aromatic carbocycles. The predicted octanol–water partition coefficient (Wildman–Crippen LogP) is 3.75. The minimum atomic E-state index is -0.162. The van der Waals surface area contributed by atoms with E-state index in [4.69, 9.17) is 37.4 Å². The molecule has 0 bridgehead atoms. The Bertz CT molecular complexity index is 918. The van der Waals surface area contributed by atoms with Crippen molar-refractivity contribution < 1.29 is 19.0 Å². The second-order valence-electron chi connectivity index (χ2n) is 6.86. The molecule has 0 spiro atoms. The van der Waals surface area contributed by atoms with Crippen LogP contribution in [0.3, 0.4) is 0 Å². The van der Waals surface area contributed by atoms with Crippen LogP contribution in [-0.4, -0.2) is 56.5 Å². The topological polar surface area (TPSA) is 72.4 Å². The van der Waals surface area contributed by atoms with Gasteiger partial charge in [-0.2, -0.15) is 5.10 Å². The fraction of sp³-hybridized carbons (Fsp3) is 0.364. The van der Waals surface area contributed by atoms with Gasteiger partial charge in [-0.15, -0.1) is 0 Å². The molecule has 1 N–H and O–H groups in total. The van der Waals surface area contributed by atoms with Gasteiger partial charge in [0.25, 0.3) is 5.91 Å². The highest BCUT2D eigenvalue weighted by molar-refractivity contribution is 6.42. The normalized spacial score (nSPS) is 14.5. The first kappa shape index (κ1) is 23.3. The van der Waals surface area contributed by atoms with Gasteiger partial charge >= 0.3 is 0 Å². The van der Waals surface area contributed by atoms with Gasteiger partial charge in [0.2, 0.25) is 0 Å². The summed E-state index contributed by atoms with van der Waals surface area (Å²) in [4.78, 5) is 14.0. The van der Waals surface area contributed by atoms with Crippen LogP contribution in [0.5, 0.6) is 11.5 Å². The number of hydrazone groups is 1. The molecule has 1 fully saturated rings. The number of hydrogen-bond donors (Lipinski definition) is 1. The molecule has 1 aliphatic rings. The molecule has 1 heterocycles. The van der Waals surface area contributed by atoms with Crippen molar-refractivity contribution in [3.63, 3.8) is 0 Å². The fourth-order valence-electron chi connectivity index (χ4n) is 2.96. The number of ether oxygens (including phenoxy) is 3. The summed E-state index contributed by atoms with van der Waals surface area (Å²) in [6.07, 6.45) is 1.57. The Hall–Kier alpha value is -2.32. The molecule has 0 saturated carbocycles. The van der Waals surface area contributed by atoms with Crippen LogP contribution in [0.25, 0.3) is 0 Å². The minimum absolute atomic E-state index is 0.162. The molecule has 31 heavy (non-hydrogen) atoms. The number of halogens is 2. The summed E-state index contributed by atoms with van der Waals surface area (Å²) in [6, 6.07) is 10.8. The molecular formula is C22H25Cl2N3O4. The average molecular weight is 466 g/mol. The van der Waals surface area contributed by atoms with E-state index in [0.29, 0.717) is 54.5 Å². The maximum absolute atomic E-state index is 12.0. The van der Waals surface area contributed by atoms with Crippen LogP contribution in [0.15, 0.2) is 41.5 Å². The van der Waals surface area contributed by atoms with Crippen molar-refractivity contribution in [2.45, 2.75) is 13.5 Å². The Morgan fingerprint density at radius 2 is 1.94 bits per heavy atom. The van der Waals surface area contributed by atoms with E-state index in [9.17, 15) is 4.79 Å². The van der Waals surface area contributed by atoms with E-state index < -0.39 is 0 Å². The first-order valence-electron chi connectivity index (χ1n) is 10.0. The molecule has 9 heteroatoms. The summed E-state index contributed by atoms with van der Waals surface area (Å²) in [6.45, 7) is 5.80. The molecule has 166 valence electrons. The van der Waals surface area contributed by atoms with E-state index in [1.54, 1.807) is 24.4 Å². The largest absolute Gasteiger partial charge is 0.490 e. The lowest BCUT2D eigenvalue weighted by atomic mass is 10.2. The molecule has 0 radical (unpaired) electrons. The lowest BCUT2D eigenvalue weighted by molar-refractivity contribution is -0.123. The number of amides is 1. The highest BCUT2D eigenvalue weighted by atomic mass is 35.5. The summed E-state index contributed by atoms with van der Waals surface area (Å²) < 4.78 is 16.9. The number of nitrogens with one attached hydrogen (secondary N) is 1. The van der Waals surface area contributed by atoms with Gasteiger partial charge in [0.1, 0.15) is 6.61 Å². The van der Waals surface area contributed by atoms with Crippen LogP contribution in [0.4, 0.5) is 0 Å². The second kappa shape index (κ2) is 11.9. The summed E-state index contributed by atoms with van der Waals surface area (Å²) in [5.74, 6) is 1.03. The quantitative estimate of drug-likeness (QED) is 0.450. The maximum atomic E-state index is 12.0. The van der Waals surface area contributed by atoms with Gasteiger partial charge in [-0.3, -0.25) is 9.69 Å². The molecule has 1 aliphatic heterocycles. The van der Waals surface area contributed by atoms with Gasteiger partial charge < -0.3 is 14.2 Å². The molecule has 0 unspecified atom stereocenters. The Kier molecular flexibility index (Phi) is 8.97. The molecular weight excluding hydrogens is 441 g/mol. The number of rotatable bonds is 9. The zero-order valence-electron chi connectivity index (χ0n) is 17.3. The average Bonchev–Trinajstić information content (AvgIpc) is 2.76. The van der Waals surface area contributed by atoms with Crippen LogP contribution in [0.1, 0.15) is 18.1 Å². The zero-order chi connectivity index (χ0) is 22.1. The third-order valence-corrected chi connectivity index (χ3v) is 5.26. The first-order chi connectivity index (χ1) is 15.0. The number of nitrogens with zero attached hydrogens (tertiary/aromatic N) is 2. The molecule has 0 aromatic heterocycles. The summed E-state index contributed by atoms with van der Waals surface area (Å²) in [7, 11) is 0. The van der Waals surface area contributed by atoms with Crippen molar-refractivity contribution >= 4 is 35.3 Å². The Balaban J connectivity index is 1.57. The number of carbonyl (C=O) groups is 1. The van der Waals surface area contributed by atoms with Crippen LogP contribution in [0.2, 0.25) is 10.0 Å². The van der Waals surface area contributed by atoms with Crippen LogP contribution < -0.4 is 14.9 Å². The molecule has 7 nitrogen and oxygen atoms in total. The second-order valence-corrected chi connectivity index (χ2v) is 7.67. The Labute approximate surface area is 191 Å². The molecule has 0 atom stereocenters. The van der Waals surface area contributed by atoms with Crippen molar-refractivity contribution in [1.29, 1.82) is 0 Å². The lowest BCUT2D eigenvalue weighted by Crippen LogP contribution is -2.42. The SMILES string of the molecule is CCOc1cc(/C=N\NC(=O)CN2CCOCC2)ccc1OCc1ccc(Cl)c(Cl)c1. The Morgan fingerprint density at radius 3 is 2.68 bits per heavy atom. The van der Waals surface area contributed by atoms with Crippen molar-refractivity contribution in [2.24, 2.45) is 5.10 Å². The molecule has 3 rings (SSSR count). The summed E-state index contributed by atoms with van der Waals surface area (Å²) in [5.41, 5.74) is 4.22. The number of morpholine rings is 1. The third-order valence-electron chi connectivity index (χ3n) is 4.52. The smallest absolute Gasteiger partial charge is 0.254 e. The predicted molar refractivity (Wildman–Crippen MR) is 121 cm³/mol. The molecule has 1 amide bonds. The summed E-state index contributed by atoms with van der Waals surface area (Å²) >= 11 is 12.0. The highest BCUT2D eigenvalue weighted by Gasteiger charge is 2.13. The molecule has 1 saturated heterocycles. The standard InChI is InChI=1S/C22H25Cl2N3O4/c1-2-30-21-12-16(13-25-26-22(28)14-27-7-9-29-10-8-27)4-6-20(21)31-15-17-3-5-18(23)19(24)11-17/h3-6,11-13H,2,7-10,14-15H2,1H3,(H,26,28)/b25-13-. The maximum Gasteiger partial charge on any atom is 0.254 e. The van der Waals surface area contributed by atoms with Gasteiger partial charge in [0.05, 0.1) is 42.6 Å².